The van der Waals surface area contributed by atoms with Crippen molar-refractivity contribution < 1.29 is 4.79 Å². The average molecular weight is 298 g/mol. The Balaban J connectivity index is 2.29. The number of rotatable bonds is 6. The van der Waals surface area contributed by atoms with Crippen LogP contribution >= 0.6 is 0 Å². The topological polar surface area (TPSA) is 58.1 Å². The van der Waals surface area contributed by atoms with Crippen LogP contribution in [0.2, 0.25) is 0 Å². The van der Waals surface area contributed by atoms with Crippen molar-refractivity contribution in [2.75, 3.05) is 23.3 Å². The van der Waals surface area contributed by atoms with E-state index < -0.39 is 0 Å². The number of nitrogens with zero attached hydrogens (tertiary/aromatic N) is 3. The molecule has 0 unspecified atom stereocenters. The number of anilines is 2. The first-order valence-electron chi connectivity index (χ1n) is 7.62. The van der Waals surface area contributed by atoms with E-state index in [4.69, 9.17) is 0 Å². The van der Waals surface area contributed by atoms with E-state index in [1.165, 1.54) is 0 Å². The Hall–Kier alpha value is -2.43. The fourth-order valence-corrected chi connectivity index (χ4v) is 2.21. The van der Waals surface area contributed by atoms with E-state index in [9.17, 15) is 4.79 Å². The van der Waals surface area contributed by atoms with E-state index in [-0.39, 0.29) is 5.91 Å². The molecule has 1 aromatic heterocycles. The Morgan fingerprint density at radius 3 is 2.55 bits per heavy atom. The number of para-hydroxylation sites is 1. The molecule has 0 bridgehead atoms. The second-order valence-electron chi connectivity index (χ2n) is 5.00. The van der Waals surface area contributed by atoms with Crippen LogP contribution in [0, 0.1) is 6.92 Å². The molecule has 0 aliphatic carbocycles. The fraction of sp³-hybridized carbons (Fsp3) is 0.353. The first kappa shape index (κ1) is 15.9. The van der Waals surface area contributed by atoms with E-state index in [2.05, 4.69) is 22.2 Å². The van der Waals surface area contributed by atoms with Crippen molar-refractivity contribution in [3.63, 3.8) is 0 Å². The molecule has 0 aliphatic heterocycles. The molecule has 0 fully saturated rings. The van der Waals surface area contributed by atoms with Crippen molar-refractivity contribution in [3.05, 3.63) is 47.9 Å². The van der Waals surface area contributed by atoms with Crippen molar-refractivity contribution in [3.8, 4) is 0 Å². The maximum atomic E-state index is 12.8. The third kappa shape index (κ3) is 3.81. The highest BCUT2D eigenvalue weighted by Gasteiger charge is 2.18. The maximum absolute atomic E-state index is 12.8. The summed E-state index contributed by atoms with van der Waals surface area (Å²) in [5.41, 5.74) is 1.28. The van der Waals surface area contributed by atoms with Crippen LogP contribution in [-0.2, 0) is 0 Å². The average Bonchev–Trinajstić information content (AvgIpc) is 2.54. The summed E-state index contributed by atoms with van der Waals surface area (Å²) in [6.07, 6.45) is 0.997. The van der Waals surface area contributed by atoms with Crippen molar-refractivity contribution >= 4 is 17.4 Å². The van der Waals surface area contributed by atoms with Gasteiger partial charge in [-0.15, -0.1) is 0 Å². The molecule has 5 nitrogen and oxygen atoms in total. The second kappa shape index (κ2) is 7.54. The van der Waals surface area contributed by atoms with Gasteiger partial charge in [-0.1, -0.05) is 25.1 Å². The molecule has 22 heavy (non-hydrogen) atoms. The maximum Gasteiger partial charge on any atom is 0.277 e. The molecule has 0 saturated carbocycles. The number of amides is 1. The molecule has 2 rings (SSSR count). The fourth-order valence-electron chi connectivity index (χ4n) is 2.21. The van der Waals surface area contributed by atoms with Gasteiger partial charge in [0.25, 0.3) is 5.91 Å². The van der Waals surface area contributed by atoms with Crippen molar-refractivity contribution in [1.29, 1.82) is 0 Å². The number of aryl methyl sites for hydroxylation is 1. The van der Waals surface area contributed by atoms with Gasteiger partial charge in [0.15, 0.2) is 0 Å². The zero-order valence-corrected chi connectivity index (χ0v) is 13.3. The number of carbonyl (C=O) groups excluding carboxylic acids is 1. The molecule has 0 radical (unpaired) electrons. The lowest BCUT2D eigenvalue weighted by Gasteiger charge is -2.21. The molecular formula is C17H22N4O. The van der Waals surface area contributed by atoms with Crippen LogP contribution in [0.5, 0.6) is 0 Å². The van der Waals surface area contributed by atoms with Crippen molar-refractivity contribution in [2.45, 2.75) is 27.2 Å². The lowest BCUT2D eigenvalue weighted by atomic mass is 10.2. The van der Waals surface area contributed by atoms with Crippen LogP contribution in [0.25, 0.3) is 0 Å². The van der Waals surface area contributed by atoms with Gasteiger partial charge >= 0.3 is 0 Å². The minimum atomic E-state index is -0.112. The van der Waals surface area contributed by atoms with Gasteiger partial charge in [0, 0.05) is 24.8 Å². The smallest absolute Gasteiger partial charge is 0.277 e. The van der Waals surface area contributed by atoms with Gasteiger partial charge in [0.1, 0.15) is 17.3 Å². The Morgan fingerprint density at radius 2 is 1.91 bits per heavy atom. The minimum absolute atomic E-state index is 0.112. The van der Waals surface area contributed by atoms with Gasteiger partial charge in [-0.3, -0.25) is 4.79 Å². The zero-order valence-electron chi connectivity index (χ0n) is 13.3. The van der Waals surface area contributed by atoms with Gasteiger partial charge in [0.05, 0.1) is 0 Å². The number of benzene rings is 1. The summed E-state index contributed by atoms with van der Waals surface area (Å²) < 4.78 is 0. The van der Waals surface area contributed by atoms with Crippen molar-refractivity contribution in [2.24, 2.45) is 0 Å². The summed E-state index contributed by atoms with van der Waals surface area (Å²) in [6, 6.07) is 11.3. The lowest BCUT2D eigenvalue weighted by molar-refractivity contribution is 0.0983. The monoisotopic (exact) mass is 298 g/mol. The summed E-state index contributed by atoms with van der Waals surface area (Å²) in [4.78, 5) is 23.1. The Morgan fingerprint density at radius 1 is 1.18 bits per heavy atom. The van der Waals surface area contributed by atoms with Gasteiger partial charge < -0.3 is 10.2 Å². The lowest BCUT2D eigenvalue weighted by Crippen LogP contribution is -2.31. The number of carbonyl (C=O) groups is 1. The molecule has 5 heteroatoms. The highest BCUT2D eigenvalue weighted by atomic mass is 16.2. The molecule has 0 saturated heterocycles. The van der Waals surface area contributed by atoms with E-state index in [1.54, 1.807) is 17.9 Å². The molecule has 2 aromatic rings. The van der Waals surface area contributed by atoms with Gasteiger partial charge in [-0.2, -0.15) is 0 Å². The largest absolute Gasteiger partial charge is 0.370 e. The number of hydrogen-bond donors (Lipinski definition) is 1. The normalized spacial score (nSPS) is 10.3. The highest BCUT2D eigenvalue weighted by molar-refractivity contribution is 6.05. The first-order chi connectivity index (χ1) is 10.7. The second-order valence-corrected chi connectivity index (χ2v) is 5.00. The van der Waals surface area contributed by atoms with Crippen LogP contribution in [0.3, 0.4) is 0 Å². The Bertz CT molecular complexity index is 628. The highest BCUT2D eigenvalue weighted by Crippen LogP contribution is 2.17. The third-order valence-electron chi connectivity index (χ3n) is 3.24. The van der Waals surface area contributed by atoms with Crippen LogP contribution < -0.4 is 10.2 Å². The molecule has 1 aromatic carbocycles. The molecule has 1 amide bonds. The number of hydrogen-bond acceptors (Lipinski definition) is 4. The van der Waals surface area contributed by atoms with Gasteiger partial charge in [0.2, 0.25) is 0 Å². The van der Waals surface area contributed by atoms with E-state index in [0.29, 0.717) is 23.9 Å². The third-order valence-corrected chi connectivity index (χ3v) is 3.24. The zero-order chi connectivity index (χ0) is 15.9. The van der Waals surface area contributed by atoms with Crippen LogP contribution in [0.4, 0.5) is 11.5 Å². The molecule has 0 atom stereocenters. The van der Waals surface area contributed by atoms with Gasteiger partial charge in [-0.25, -0.2) is 9.97 Å². The quantitative estimate of drug-likeness (QED) is 0.889. The summed E-state index contributed by atoms with van der Waals surface area (Å²) in [7, 11) is 0. The summed E-state index contributed by atoms with van der Waals surface area (Å²) in [5.74, 6) is 1.18. The standard InChI is InChI=1S/C17H22N4O/c1-4-11-18-16-12-15(19-13(3)20-16)17(22)21(5-2)14-9-7-6-8-10-14/h6-10,12H,4-5,11H2,1-3H3,(H,18,19,20). The predicted molar refractivity (Wildman–Crippen MR) is 89.3 cm³/mol. The van der Waals surface area contributed by atoms with E-state index in [1.807, 2.05) is 37.3 Å². The first-order valence-corrected chi connectivity index (χ1v) is 7.62. The van der Waals surface area contributed by atoms with Crippen LogP contribution in [-0.4, -0.2) is 29.0 Å². The Kier molecular flexibility index (Phi) is 5.47. The molecule has 116 valence electrons. The Labute approximate surface area is 131 Å². The van der Waals surface area contributed by atoms with Crippen LogP contribution in [0.15, 0.2) is 36.4 Å². The van der Waals surface area contributed by atoms with E-state index in [0.717, 1.165) is 18.7 Å². The molecule has 0 spiro atoms. The molecule has 1 N–H and O–H groups in total. The summed E-state index contributed by atoms with van der Waals surface area (Å²) in [6.45, 7) is 7.24. The summed E-state index contributed by atoms with van der Waals surface area (Å²) >= 11 is 0. The summed E-state index contributed by atoms with van der Waals surface area (Å²) in [5, 5.41) is 3.21. The molecule has 0 aliphatic rings. The van der Waals surface area contributed by atoms with Crippen LogP contribution in [0.1, 0.15) is 36.6 Å². The minimum Gasteiger partial charge on any atom is -0.370 e. The van der Waals surface area contributed by atoms with Gasteiger partial charge in [-0.05, 0) is 32.4 Å². The predicted octanol–water partition coefficient (Wildman–Crippen LogP) is 3.27. The number of aromatic nitrogens is 2. The molecule has 1 heterocycles. The SMILES string of the molecule is CCCNc1cc(C(=O)N(CC)c2ccccc2)nc(C)n1. The van der Waals surface area contributed by atoms with E-state index >= 15 is 0 Å². The molecular weight excluding hydrogens is 276 g/mol. The van der Waals surface area contributed by atoms with Crippen molar-refractivity contribution in [1.82, 2.24) is 9.97 Å². The number of nitrogens with one attached hydrogen (secondary N) is 1.